The number of aromatic nitrogens is 2. The fourth-order valence-electron chi connectivity index (χ4n) is 1.75. The maximum absolute atomic E-state index is 11.9. The Morgan fingerprint density at radius 2 is 1.87 bits per heavy atom. The molecule has 0 aliphatic carbocycles. The fourth-order valence-corrected chi connectivity index (χ4v) is 1.75. The van der Waals surface area contributed by atoms with Crippen LogP contribution < -0.4 is 10.6 Å². The standard InChI is InChI=1S/C15H16N4O4/c1-2-5-18-15(22)19-13(20)9-23-14(21)10-3-4-11-12(8-10)17-7-6-16-11/h3-4,6-8H,2,5,9H2,1H3,(H2,18,19,20,22). The molecule has 0 saturated carbocycles. The summed E-state index contributed by atoms with van der Waals surface area (Å²) in [5, 5.41) is 4.54. The number of benzene rings is 1. The molecule has 0 unspecified atom stereocenters. The number of fused-ring (bicyclic) bond motifs is 1. The van der Waals surface area contributed by atoms with E-state index in [1.165, 1.54) is 18.3 Å². The first-order valence-corrected chi connectivity index (χ1v) is 7.05. The van der Waals surface area contributed by atoms with Gasteiger partial charge in [0, 0.05) is 18.9 Å². The number of esters is 1. The van der Waals surface area contributed by atoms with Gasteiger partial charge in [-0.15, -0.1) is 0 Å². The van der Waals surface area contributed by atoms with Gasteiger partial charge in [-0.25, -0.2) is 9.59 Å². The van der Waals surface area contributed by atoms with Gasteiger partial charge in [0.1, 0.15) is 0 Å². The average molecular weight is 316 g/mol. The highest BCUT2D eigenvalue weighted by Gasteiger charge is 2.13. The van der Waals surface area contributed by atoms with Crippen LogP contribution in [0, 0.1) is 0 Å². The van der Waals surface area contributed by atoms with Gasteiger partial charge in [0.2, 0.25) is 0 Å². The number of hydrogen-bond acceptors (Lipinski definition) is 6. The molecule has 8 nitrogen and oxygen atoms in total. The molecule has 0 bridgehead atoms. The molecule has 0 spiro atoms. The number of rotatable bonds is 5. The summed E-state index contributed by atoms with van der Waals surface area (Å²) < 4.78 is 4.86. The third kappa shape index (κ3) is 4.73. The van der Waals surface area contributed by atoms with Gasteiger partial charge in [-0.3, -0.25) is 20.1 Å². The molecule has 0 aliphatic rings. The molecule has 0 radical (unpaired) electrons. The van der Waals surface area contributed by atoms with Crippen molar-refractivity contribution in [3.05, 3.63) is 36.2 Å². The molecule has 2 N–H and O–H groups in total. The van der Waals surface area contributed by atoms with E-state index in [0.717, 1.165) is 6.42 Å². The Bertz CT molecular complexity index is 732. The number of urea groups is 1. The summed E-state index contributed by atoms with van der Waals surface area (Å²) in [6.45, 7) is 1.80. The number of imide groups is 1. The molecule has 120 valence electrons. The normalized spacial score (nSPS) is 10.1. The second-order valence-electron chi connectivity index (χ2n) is 4.64. The molecule has 1 heterocycles. The first-order chi connectivity index (χ1) is 11.1. The van der Waals surface area contributed by atoms with Gasteiger partial charge in [0.05, 0.1) is 16.6 Å². The van der Waals surface area contributed by atoms with E-state index in [0.29, 0.717) is 17.6 Å². The van der Waals surface area contributed by atoms with Crippen LogP contribution in [0.5, 0.6) is 0 Å². The molecular weight excluding hydrogens is 300 g/mol. The van der Waals surface area contributed by atoms with Crippen molar-refractivity contribution in [1.29, 1.82) is 0 Å². The third-order valence-corrected chi connectivity index (χ3v) is 2.83. The van der Waals surface area contributed by atoms with Crippen molar-refractivity contribution in [2.24, 2.45) is 0 Å². The minimum absolute atomic E-state index is 0.251. The molecule has 8 heteroatoms. The van der Waals surface area contributed by atoms with Crippen LogP contribution in [0.1, 0.15) is 23.7 Å². The highest BCUT2D eigenvalue weighted by atomic mass is 16.5. The summed E-state index contributed by atoms with van der Waals surface area (Å²) >= 11 is 0. The molecule has 1 aromatic carbocycles. The van der Waals surface area contributed by atoms with Gasteiger partial charge in [0.15, 0.2) is 6.61 Å². The summed E-state index contributed by atoms with van der Waals surface area (Å²) in [4.78, 5) is 42.8. The zero-order valence-corrected chi connectivity index (χ0v) is 12.5. The Morgan fingerprint density at radius 1 is 1.13 bits per heavy atom. The first kappa shape index (κ1) is 16.3. The van der Waals surface area contributed by atoms with E-state index in [2.05, 4.69) is 20.6 Å². The van der Waals surface area contributed by atoms with E-state index < -0.39 is 24.5 Å². The van der Waals surface area contributed by atoms with Crippen LogP contribution in [0.4, 0.5) is 4.79 Å². The summed E-state index contributed by atoms with van der Waals surface area (Å²) in [6, 6.07) is 4.08. The Labute approximate surface area is 132 Å². The largest absolute Gasteiger partial charge is 0.452 e. The van der Waals surface area contributed by atoms with Crippen molar-refractivity contribution in [2.45, 2.75) is 13.3 Å². The minimum Gasteiger partial charge on any atom is -0.452 e. The van der Waals surface area contributed by atoms with Crippen LogP contribution in [-0.4, -0.2) is 41.0 Å². The highest BCUT2D eigenvalue weighted by molar-refractivity contribution is 5.97. The van der Waals surface area contributed by atoms with E-state index >= 15 is 0 Å². The lowest BCUT2D eigenvalue weighted by molar-refractivity contribution is -0.123. The summed E-state index contributed by atoms with van der Waals surface area (Å²) in [5.41, 5.74) is 1.45. The van der Waals surface area contributed by atoms with Crippen LogP contribution in [0.25, 0.3) is 11.0 Å². The highest BCUT2D eigenvalue weighted by Crippen LogP contribution is 2.11. The zero-order chi connectivity index (χ0) is 16.7. The summed E-state index contributed by atoms with van der Waals surface area (Å²) in [6.07, 6.45) is 3.81. The smallest absolute Gasteiger partial charge is 0.338 e. The first-order valence-electron chi connectivity index (χ1n) is 7.05. The van der Waals surface area contributed by atoms with E-state index in [4.69, 9.17) is 4.74 Å². The summed E-state index contributed by atoms with van der Waals surface area (Å²) in [5.74, 6) is -1.38. The van der Waals surface area contributed by atoms with Crippen molar-refractivity contribution in [3.8, 4) is 0 Å². The Balaban J connectivity index is 1.88. The molecule has 0 atom stereocenters. The molecule has 23 heavy (non-hydrogen) atoms. The van der Waals surface area contributed by atoms with Crippen LogP contribution >= 0.6 is 0 Å². The van der Waals surface area contributed by atoms with Crippen LogP contribution in [-0.2, 0) is 9.53 Å². The molecule has 2 aromatic rings. The Kier molecular flexibility index (Phi) is 5.56. The number of hydrogen-bond donors (Lipinski definition) is 2. The second-order valence-corrected chi connectivity index (χ2v) is 4.64. The minimum atomic E-state index is -0.701. The van der Waals surface area contributed by atoms with Gasteiger partial charge in [-0.1, -0.05) is 6.92 Å². The number of nitrogens with zero attached hydrogens (tertiary/aromatic N) is 2. The Morgan fingerprint density at radius 3 is 2.61 bits per heavy atom. The van der Waals surface area contributed by atoms with Crippen molar-refractivity contribution in [2.75, 3.05) is 13.2 Å². The topological polar surface area (TPSA) is 110 Å². The van der Waals surface area contributed by atoms with E-state index in [-0.39, 0.29) is 5.56 Å². The molecule has 0 aliphatic heterocycles. The van der Waals surface area contributed by atoms with Gasteiger partial charge in [0.25, 0.3) is 5.91 Å². The second kappa shape index (κ2) is 7.83. The van der Waals surface area contributed by atoms with E-state index in [9.17, 15) is 14.4 Å². The zero-order valence-electron chi connectivity index (χ0n) is 12.5. The van der Waals surface area contributed by atoms with Crippen LogP contribution in [0.3, 0.4) is 0 Å². The van der Waals surface area contributed by atoms with Crippen LogP contribution in [0.2, 0.25) is 0 Å². The predicted octanol–water partition coefficient (Wildman–Crippen LogP) is 1.02. The quantitative estimate of drug-likeness (QED) is 0.797. The fraction of sp³-hybridized carbons (Fsp3) is 0.267. The predicted molar refractivity (Wildman–Crippen MR) is 81.7 cm³/mol. The average Bonchev–Trinajstić information content (AvgIpc) is 2.57. The number of carbonyl (C=O) groups excluding carboxylic acids is 3. The van der Waals surface area contributed by atoms with Gasteiger partial charge < -0.3 is 10.1 Å². The van der Waals surface area contributed by atoms with Gasteiger partial charge in [-0.05, 0) is 24.6 Å². The molecular formula is C15H16N4O4. The monoisotopic (exact) mass is 316 g/mol. The van der Waals surface area contributed by atoms with E-state index in [1.54, 1.807) is 12.3 Å². The van der Waals surface area contributed by atoms with Gasteiger partial charge >= 0.3 is 12.0 Å². The molecule has 1 aromatic heterocycles. The maximum Gasteiger partial charge on any atom is 0.338 e. The molecule has 3 amide bonds. The molecule has 0 saturated heterocycles. The van der Waals surface area contributed by atoms with Crippen molar-refractivity contribution < 1.29 is 19.1 Å². The number of amides is 3. The van der Waals surface area contributed by atoms with E-state index in [1.807, 2.05) is 6.92 Å². The van der Waals surface area contributed by atoms with Gasteiger partial charge in [-0.2, -0.15) is 0 Å². The SMILES string of the molecule is CCCNC(=O)NC(=O)COC(=O)c1ccc2nccnc2c1. The lowest BCUT2D eigenvalue weighted by atomic mass is 10.2. The summed E-state index contributed by atoms with van der Waals surface area (Å²) in [7, 11) is 0. The Hall–Kier alpha value is -3.03. The molecule has 0 fully saturated rings. The lowest BCUT2D eigenvalue weighted by Crippen LogP contribution is -2.41. The van der Waals surface area contributed by atoms with Crippen molar-refractivity contribution >= 4 is 28.9 Å². The maximum atomic E-state index is 11.9. The third-order valence-electron chi connectivity index (χ3n) is 2.83. The molecule has 2 rings (SSSR count). The number of nitrogens with one attached hydrogen (secondary N) is 2. The van der Waals surface area contributed by atoms with Crippen molar-refractivity contribution in [1.82, 2.24) is 20.6 Å². The lowest BCUT2D eigenvalue weighted by Gasteiger charge is -2.07. The number of carbonyl (C=O) groups is 3. The van der Waals surface area contributed by atoms with Crippen LogP contribution in [0.15, 0.2) is 30.6 Å². The number of ether oxygens (including phenoxy) is 1. The van der Waals surface area contributed by atoms with Crippen molar-refractivity contribution in [3.63, 3.8) is 0 Å².